The molecule has 0 saturated carbocycles. The first-order chi connectivity index (χ1) is 4.13. The Labute approximate surface area is 59.3 Å². The van der Waals surface area contributed by atoms with Gasteiger partial charge >= 0.3 is 58.6 Å². The van der Waals surface area contributed by atoms with Crippen LogP contribution in [0.2, 0.25) is 0 Å². The van der Waals surface area contributed by atoms with E-state index in [1.807, 2.05) is 0 Å². The molecule has 4 nitrogen and oxygen atoms in total. The van der Waals surface area contributed by atoms with Gasteiger partial charge in [-0.25, -0.2) is 0 Å². The molecule has 52 valence electrons. The molecule has 0 aliphatic rings. The van der Waals surface area contributed by atoms with Crippen LogP contribution in [0.1, 0.15) is 13.8 Å². The Morgan fingerprint density at radius 3 is 1.67 bits per heavy atom. The Hall–Kier alpha value is -0.541. The van der Waals surface area contributed by atoms with E-state index in [1.165, 1.54) is 13.8 Å². The van der Waals surface area contributed by atoms with Crippen molar-refractivity contribution in [1.82, 2.24) is 0 Å². The first-order valence-electron chi connectivity index (χ1n) is 2.15. The standard InChI is InChI=1S/C4H6O4Se/c1-3(5)7-9-8-4(2)6/h1-2H3. The Bertz CT molecular complexity index is 108. The molecule has 0 atom stereocenters. The predicted molar refractivity (Wildman–Crippen MR) is 29.3 cm³/mol. The van der Waals surface area contributed by atoms with Crippen LogP contribution in [-0.2, 0) is 17.2 Å². The number of carbonyl (C=O) groups excluding carboxylic acids is 2. The van der Waals surface area contributed by atoms with E-state index in [0.717, 1.165) is 0 Å². The quantitative estimate of drug-likeness (QED) is 0.567. The predicted octanol–water partition coefficient (Wildman–Crippen LogP) is -0.353. The van der Waals surface area contributed by atoms with Crippen molar-refractivity contribution in [2.45, 2.75) is 13.8 Å². The second kappa shape index (κ2) is 4.35. The van der Waals surface area contributed by atoms with Gasteiger partial charge in [0.2, 0.25) is 0 Å². The van der Waals surface area contributed by atoms with Gasteiger partial charge in [-0.05, 0) is 0 Å². The van der Waals surface area contributed by atoms with Crippen molar-refractivity contribution in [3.05, 3.63) is 0 Å². The van der Waals surface area contributed by atoms with E-state index in [2.05, 4.69) is 7.64 Å². The third-order valence-electron chi connectivity index (χ3n) is 0.303. The summed E-state index contributed by atoms with van der Waals surface area (Å²) in [5.74, 6) is -0.868. The van der Waals surface area contributed by atoms with Crippen LogP contribution in [0.3, 0.4) is 0 Å². The fraction of sp³-hybridized carbons (Fsp3) is 0.500. The van der Waals surface area contributed by atoms with E-state index in [1.54, 1.807) is 0 Å². The van der Waals surface area contributed by atoms with E-state index in [4.69, 9.17) is 0 Å². The molecule has 0 heterocycles. The Morgan fingerprint density at radius 2 is 1.44 bits per heavy atom. The minimum atomic E-state index is -0.780. The normalized spacial score (nSPS) is 8.22. The molecule has 0 spiro atoms. The fourth-order valence-electron chi connectivity index (χ4n) is 0.113. The van der Waals surface area contributed by atoms with Crippen LogP contribution in [0.15, 0.2) is 0 Å². The molecule has 0 saturated heterocycles. The van der Waals surface area contributed by atoms with E-state index in [-0.39, 0.29) is 0 Å². The van der Waals surface area contributed by atoms with Crippen LogP contribution in [-0.4, -0.2) is 27.6 Å². The number of hydrogen-bond acceptors (Lipinski definition) is 4. The second-order valence-corrected chi connectivity index (χ2v) is 2.20. The van der Waals surface area contributed by atoms with Gasteiger partial charge in [0.1, 0.15) is 0 Å². The van der Waals surface area contributed by atoms with E-state index in [0.29, 0.717) is 0 Å². The van der Waals surface area contributed by atoms with Gasteiger partial charge in [0, 0.05) is 0 Å². The Balaban J connectivity index is 3.10. The van der Waals surface area contributed by atoms with Gasteiger partial charge < -0.3 is 0 Å². The summed E-state index contributed by atoms with van der Waals surface area (Å²) in [5, 5.41) is 0. The number of hydrogen-bond donors (Lipinski definition) is 0. The molecular formula is C4H6O4Se. The number of rotatable bonds is 2. The molecule has 9 heavy (non-hydrogen) atoms. The fourth-order valence-corrected chi connectivity index (χ4v) is 0.586. The Morgan fingerprint density at radius 1 is 1.11 bits per heavy atom. The molecule has 0 aromatic carbocycles. The molecule has 0 aliphatic carbocycles. The summed E-state index contributed by atoms with van der Waals surface area (Å²) in [6.07, 6.45) is 0. The van der Waals surface area contributed by atoms with Crippen LogP contribution in [0.5, 0.6) is 0 Å². The van der Waals surface area contributed by atoms with Crippen molar-refractivity contribution in [3.63, 3.8) is 0 Å². The van der Waals surface area contributed by atoms with Crippen molar-refractivity contribution >= 4 is 27.6 Å². The maximum atomic E-state index is 10.0. The third kappa shape index (κ3) is 7.46. The maximum absolute atomic E-state index is 10.0. The topological polar surface area (TPSA) is 52.6 Å². The average molecular weight is 197 g/mol. The van der Waals surface area contributed by atoms with Gasteiger partial charge in [0.05, 0.1) is 0 Å². The molecule has 5 heteroatoms. The van der Waals surface area contributed by atoms with Gasteiger partial charge in [-0.3, -0.25) is 0 Å². The van der Waals surface area contributed by atoms with Crippen LogP contribution >= 0.6 is 0 Å². The second-order valence-electron chi connectivity index (χ2n) is 1.22. The zero-order valence-corrected chi connectivity index (χ0v) is 6.75. The van der Waals surface area contributed by atoms with Gasteiger partial charge in [-0.15, -0.1) is 0 Å². The average Bonchev–Trinajstić information content (AvgIpc) is 1.63. The van der Waals surface area contributed by atoms with Gasteiger partial charge in [0.15, 0.2) is 0 Å². The molecule has 0 unspecified atom stereocenters. The summed E-state index contributed by atoms with van der Waals surface area (Å²) in [6.45, 7) is 2.51. The molecule has 0 aromatic heterocycles. The minimum absolute atomic E-state index is 0.434. The summed E-state index contributed by atoms with van der Waals surface area (Å²) in [5.41, 5.74) is 0. The zero-order chi connectivity index (χ0) is 7.28. The van der Waals surface area contributed by atoms with E-state index >= 15 is 0 Å². The van der Waals surface area contributed by atoms with Gasteiger partial charge in [0.25, 0.3) is 0 Å². The molecule has 0 aromatic rings. The molecule has 0 amide bonds. The zero-order valence-electron chi connectivity index (χ0n) is 5.04. The molecule has 0 radical (unpaired) electrons. The van der Waals surface area contributed by atoms with Crippen LogP contribution in [0.25, 0.3) is 0 Å². The van der Waals surface area contributed by atoms with Crippen molar-refractivity contribution in [2.75, 3.05) is 0 Å². The molecule has 0 fully saturated rings. The first kappa shape index (κ1) is 8.46. The first-order valence-corrected chi connectivity index (χ1v) is 3.55. The SMILES string of the molecule is CC(=O)O[Se]OC(C)=O. The molecule has 0 rings (SSSR count). The van der Waals surface area contributed by atoms with Crippen molar-refractivity contribution in [3.8, 4) is 0 Å². The van der Waals surface area contributed by atoms with Gasteiger partial charge in [-0.2, -0.15) is 0 Å². The molecule has 0 bridgehead atoms. The van der Waals surface area contributed by atoms with Crippen molar-refractivity contribution in [2.24, 2.45) is 0 Å². The third-order valence-corrected chi connectivity index (χ3v) is 1.57. The molecule has 0 aliphatic heterocycles. The van der Waals surface area contributed by atoms with E-state index in [9.17, 15) is 9.59 Å². The molecular weight excluding hydrogens is 191 g/mol. The van der Waals surface area contributed by atoms with E-state index < -0.39 is 27.6 Å². The van der Waals surface area contributed by atoms with Gasteiger partial charge in [-0.1, -0.05) is 0 Å². The van der Waals surface area contributed by atoms with Crippen LogP contribution in [0.4, 0.5) is 0 Å². The summed E-state index contributed by atoms with van der Waals surface area (Å²) < 4.78 is 8.67. The van der Waals surface area contributed by atoms with Crippen LogP contribution < -0.4 is 0 Å². The monoisotopic (exact) mass is 198 g/mol. The molecule has 0 N–H and O–H groups in total. The summed E-state index contributed by atoms with van der Waals surface area (Å²) in [4.78, 5) is 20.1. The Kier molecular flexibility index (Phi) is 4.09. The number of carbonyl (C=O) groups is 2. The van der Waals surface area contributed by atoms with Crippen molar-refractivity contribution < 1.29 is 17.2 Å². The van der Waals surface area contributed by atoms with Crippen molar-refractivity contribution in [1.29, 1.82) is 0 Å². The summed E-state index contributed by atoms with van der Waals surface area (Å²) in [7, 11) is 0. The summed E-state index contributed by atoms with van der Waals surface area (Å²) in [6, 6.07) is 0. The summed E-state index contributed by atoms with van der Waals surface area (Å²) >= 11 is -0.780. The van der Waals surface area contributed by atoms with Crippen LogP contribution in [0, 0.1) is 0 Å².